The molecular weight excluding hydrogens is 401 g/mol. The van der Waals surface area contributed by atoms with Crippen molar-refractivity contribution in [2.75, 3.05) is 6.73 Å². The molecule has 2 aliphatic heterocycles. The van der Waals surface area contributed by atoms with Crippen LogP contribution in [0, 0.1) is 0 Å². The van der Waals surface area contributed by atoms with Crippen molar-refractivity contribution in [2.45, 2.75) is 18.9 Å². The molecule has 1 fully saturated rings. The molecule has 0 N–H and O–H groups in total. The number of nitrogens with zero attached hydrogens (tertiary/aromatic N) is 2. The topological polar surface area (TPSA) is 147 Å². The molecule has 1 atom stereocenters. The van der Waals surface area contributed by atoms with Crippen molar-refractivity contribution in [3.8, 4) is 0 Å². The van der Waals surface area contributed by atoms with Crippen LogP contribution >= 0.6 is 7.82 Å². The number of carbonyl (C=O) groups excluding carboxylic acids is 4. The number of imide groups is 2. The Kier molecular flexibility index (Phi) is 8.59. The van der Waals surface area contributed by atoms with Gasteiger partial charge >= 0.3 is 59.1 Å². The number of hydrogen-bond acceptors (Lipinski definition) is 8. The minimum absolute atomic E-state index is 0. The Labute approximate surface area is 198 Å². The van der Waals surface area contributed by atoms with E-state index in [1.807, 2.05) is 0 Å². The molecule has 27 heavy (non-hydrogen) atoms. The van der Waals surface area contributed by atoms with Crippen LogP contribution in [0.4, 0.5) is 0 Å². The summed E-state index contributed by atoms with van der Waals surface area (Å²) in [5, 5.41) is 0. The fraction of sp³-hybridized carbons (Fsp3) is 0.286. The number of carbonyl (C=O) groups is 4. The number of hydrogen-bond donors (Lipinski definition) is 0. The van der Waals surface area contributed by atoms with Crippen molar-refractivity contribution in [3.63, 3.8) is 0 Å². The van der Waals surface area contributed by atoms with Gasteiger partial charge < -0.3 is 18.9 Å². The number of piperidine rings is 1. The Hall–Kier alpha value is -0.390. The molecule has 1 aromatic rings. The molecule has 10 nitrogen and oxygen atoms in total. The normalized spacial score (nSPS) is 19.6. The molecular formula is C14H11N2Na2O8P. The van der Waals surface area contributed by atoms with Gasteiger partial charge in [0.1, 0.15) is 12.8 Å². The van der Waals surface area contributed by atoms with Crippen LogP contribution in [0.3, 0.4) is 0 Å². The third kappa shape index (κ3) is 4.97. The number of benzene rings is 1. The van der Waals surface area contributed by atoms with E-state index in [0.29, 0.717) is 4.90 Å². The molecule has 1 aromatic carbocycles. The molecule has 2 aliphatic rings. The summed E-state index contributed by atoms with van der Waals surface area (Å²) < 4.78 is 14.5. The molecule has 0 aliphatic carbocycles. The Balaban J connectivity index is 0.00000182. The summed E-state index contributed by atoms with van der Waals surface area (Å²) in [7, 11) is -5.40. The molecule has 2 heterocycles. The molecule has 0 spiro atoms. The van der Waals surface area contributed by atoms with Gasteiger partial charge in [-0.25, -0.2) is 0 Å². The summed E-state index contributed by atoms with van der Waals surface area (Å²) in [6.07, 6.45) is -0.304. The summed E-state index contributed by atoms with van der Waals surface area (Å²) in [5.74, 6) is -3.08. The molecule has 0 bridgehead atoms. The first-order valence-corrected chi connectivity index (χ1v) is 8.64. The minimum Gasteiger partial charge on any atom is -0.790 e. The van der Waals surface area contributed by atoms with E-state index >= 15 is 0 Å². The molecule has 0 radical (unpaired) electrons. The zero-order valence-corrected chi connectivity index (χ0v) is 19.5. The number of rotatable bonds is 4. The van der Waals surface area contributed by atoms with Gasteiger partial charge in [0.2, 0.25) is 5.91 Å². The van der Waals surface area contributed by atoms with E-state index < -0.39 is 44.2 Å². The number of amides is 4. The summed E-state index contributed by atoms with van der Waals surface area (Å²) in [6, 6.07) is 4.76. The standard InChI is InChI=1S/C14H13N2O8P.2Na/c17-11-6-5-10(14(20)15(11)7-24-25(21,22)23)16-12(18)8-3-1-2-4-9(8)13(16)19;;/h1-4,10H,5-7H2,(H2,21,22,23);;/q;2*+1/p-2. The second-order valence-corrected chi connectivity index (χ2v) is 6.60. The minimum atomic E-state index is -5.40. The third-order valence-corrected chi connectivity index (χ3v) is 4.40. The van der Waals surface area contributed by atoms with Gasteiger partial charge in [-0.2, -0.15) is 0 Å². The second-order valence-electron chi connectivity index (χ2n) is 5.45. The largest absolute Gasteiger partial charge is 1.00 e. The zero-order chi connectivity index (χ0) is 18.4. The Morgan fingerprint density at radius 2 is 1.56 bits per heavy atom. The average Bonchev–Trinajstić information content (AvgIpc) is 2.79. The van der Waals surface area contributed by atoms with Gasteiger partial charge in [0.05, 0.1) is 18.9 Å². The van der Waals surface area contributed by atoms with E-state index in [4.69, 9.17) is 0 Å². The van der Waals surface area contributed by atoms with Gasteiger partial charge in [-0.3, -0.25) is 29.0 Å². The molecule has 132 valence electrons. The maximum atomic E-state index is 12.5. The van der Waals surface area contributed by atoms with Gasteiger partial charge in [-0.1, -0.05) is 12.1 Å². The van der Waals surface area contributed by atoms with Crippen LogP contribution in [0.15, 0.2) is 24.3 Å². The second kappa shape index (κ2) is 9.41. The summed E-state index contributed by atoms with van der Waals surface area (Å²) in [4.78, 5) is 71.4. The van der Waals surface area contributed by atoms with E-state index in [-0.39, 0.29) is 83.1 Å². The molecule has 4 amide bonds. The maximum absolute atomic E-state index is 12.5. The van der Waals surface area contributed by atoms with Crippen molar-refractivity contribution >= 4 is 31.5 Å². The molecule has 13 heteroatoms. The fourth-order valence-electron chi connectivity index (χ4n) is 2.82. The zero-order valence-electron chi connectivity index (χ0n) is 14.6. The van der Waals surface area contributed by atoms with Crippen molar-refractivity contribution in [2.24, 2.45) is 0 Å². The SMILES string of the molecule is O=C1CCC(N2C(=O)c3ccccc3C2=O)C(=O)N1COP(=O)([O-])[O-].[Na+].[Na+]. The van der Waals surface area contributed by atoms with Gasteiger partial charge in [0.25, 0.3) is 17.7 Å². The number of likely N-dealkylation sites (tertiary alicyclic amines) is 1. The average molecular weight is 412 g/mol. The van der Waals surface area contributed by atoms with E-state index in [1.165, 1.54) is 12.1 Å². The van der Waals surface area contributed by atoms with Crippen molar-refractivity contribution in [3.05, 3.63) is 35.4 Å². The van der Waals surface area contributed by atoms with Crippen LogP contribution in [0.25, 0.3) is 0 Å². The summed E-state index contributed by atoms with van der Waals surface area (Å²) in [6.45, 7) is -1.08. The predicted octanol–water partition coefficient (Wildman–Crippen LogP) is -7.39. The van der Waals surface area contributed by atoms with Crippen molar-refractivity contribution in [1.82, 2.24) is 9.80 Å². The van der Waals surface area contributed by atoms with Crippen LogP contribution in [0.1, 0.15) is 33.6 Å². The summed E-state index contributed by atoms with van der Waals surface area (Å²) in [5.41, 5.74) is 0.284. The first kappa shape index (κ1) is 24.6. The Morgan fingerprint density at radius 1 is 1.04 bits per heavy atom. The molecule has 1 saturated heterocycles. The summed E-state index contributed by atoms with van der Waals surface area (Å²) >= 11 is 0. The van der Waals surface area contributed by atoms with E-state index in [1.54, 1.807) is 12.1 Å². The van der Waals surface area contributed by atoms with E-state index in [9.17, 15) is 33.5 Å². The third-order valence-electron chi connectivity index (χ3n) is 3.97. The first-order valence-electron chi connectivity index (χ1n) is 7.18. The quantitative estimate of drug-likeness (QED) is 0.269. The van der Waals surface area contributed by atoms with Crippen molar-refractivity contribution in [1.29, 1.82) is 0 Å². The monoisotopic (exact) mass is 412 g/mol. The van der Waals surface area contributed by atoms with Crippen LogP contribution in [0.2, 0.25) is 0 Å². The fourth-order valence-corrected chi connectivity index (χ4v) is 3.07. The van der Waals surface area contributed by atoms with Gasteiger partial charge in [0.15, 0.2) is 0 Å². The molecule has 0 saturated carbocycles. The van der Waals surface area contributed by atoms with Crippen LogP contribution in [0.5, 0.6) is 0 Å². The van der Waals surface area contributed by atoms with Crippen molar-refractivity contribution < 1.29 is 97.2 Å². The van der Waals surface area contributed by atoms with E-state index in [2.05, 4.69) is 4.52 Å². The number of fused-ring (bicyclic) bond motifs is 1. The van der Waals surface area contributed by atoms with Crippen LogP contribution in [-0.4, -0.2) is 46.2 Å². The number of phosphoric ester groups is 1. The van der Waals surface area contributed by atoms with Gasteiger partial charge in [-0.05, 0) is 18.6 Å². The number of phosphoric acid groups is 1. The molecule has 0 aromatic heterocycles. The smallest absolute Gasteiger partial charge is 0.790 e. The Bertz CT molecular complexity index is 807. The maximum Gasteiger partial charge on any atom is 1.00 e. The van der Waals surface area contributed by atoms with E-state index in [0.717, 1.165) is 4.90 Å². The van der Waals surface area contributed by atoms with Gasteiger partial charge in [-0.15, -0.1) is 0 Å². The van der Waals surface area contributed by atoms with Crippen LogP contribution in [-0.2, 0) is 18.7 Å². The van der Waals surface area contributed by atoms with Gasteiger partial charge in [0, 0.05) is 6.42 Å². The molecule has 1 unspecified atom stereocenters. The first-order chi connectivity index (χ1) is 11.7. The van der Waals surface area contributed by atoms with Crippen LogP contribution < -0.4 is 68.9 Å². The Morgan fingerprint density at radius 3 is 2.04 bits per heavy atom. The predicted molar refractivity (Wildman–Crippen MR) is 75.4 cm³/mol. The molecule has 3 rings (SSSR count).